The number of hydrogen-bond acceptors (Lipinski definition) is 4. The molecule has 0 bridgehead atoms. The van der Waals surface area contributed by atoms with E-state index in [2.05, 4.69) is 20.9 Å². The Labute approximate surface area is 99.3 Å². The zero-order valence-electron chi connectivity index (χ0n) is 7.99. The molecule has 0 spiro atoms. The van der Waals surface area contributed by atoms with Crippen molar-refractivity contribution in [2.24, 2.45) is 0 Å². The second kappa shape index (κ2) is 4.28. The first-order valence-electron chi connectivity index (χ1n) is 4.34. The topological polar surface area (TPSA) is 43.1 Å². The molecule has 0 aliphatic carbocycles. The van der Waals surface area contributed by atoms with Crippen LogP contribution in [0.25, 0.3) is 0 Å². The molecule has 0 amide bonds. The Morgan fingerprint density at radius 1 is 1.67 bits per heavy atom. The molecule has 0 fully saturated rings. The van der Waals surface area contributed by atoms with E-state index in [1.165, 1.54) is 6.26 Å². The third kappa shape index (κ3) is 2.35. The lowest BCUT2D eigenvalue weighted by atomic mass is 10.1. The summed E-state index contributed by atoms with van der Waals surface area (Å²) in [6.07, 6.45) is 1.81. The van der Waals surface area contributed by atoms with E-state index >= 15 is 0 Å². The van der Waals surface area contributed by atoms with Gasteiger partial charge in [-0.05, 0) is 28.9 Å². The van der Waals surface area contributed by atoms with Crippen LogP contribution >= 0.6 is 27.3 Å². The summed E-state index contributed by atoms with van der Waals surface area (Å²) in [5, 5.41) is 2.88. The van der Waals surface area contributed by atoms with Crippen molar-refractivity contribution in [3.8, 4) is 0 Å². The Morgan fingerprint density at radius 3 is 3.00 bits per heavy atom. The lowest BCUT2D eigenvalue weighted by Gasteiger charge is -1.94. The number of ketones is 1. The molecule has 0 saturated heterocycles. The average Bonchev–Trinajstić information content (AvgIpc) is 2.75. The van der Waals surface area contributed by atoms with Gasteiger partial charge in [-0.25, -0.2) is 4.98 Å². The number of carbonyl (C=O) groups is 1. The standard InChI is InChI=1S/C10H8BrNO2S/c1-6-12-7(5-15-6)4-9(13)8-2-3-14-10(8)11/h2-3,5H,4H2,1H3. The zero-order valence-corrected chi connectivity index (χ0v) is 10.4. The van der Waals surface area contributed by atoms with Crippen molar-refractivity contribution in [3.05, 3.63) is 38.6 Å². The molecular formula is C10H8BrNO2S. The van der Waals surface area contributed by atoms with Gasteiger partial charge >= 0.3 is 0 Å². The Morgan fingerprint density at radius 2 is 2.47 bits per heavy atom. The summed E-state index contributed by atoms with van der Waals surface area (Å²) in [6, 6.07) is 1.66. The molecule has 0 atom stereocenters. The number of rotatable bonds is 3. The highest BCUT2D eigenvalue weighted by Crippen LogP contribution is 2.20. The first-order valence-corrected chi connectivity index (χ1v) is 6.01. The minimum Gasteiger partial charge on any atom is -0.457 e. The van der Waals surface area contributed by atoms with Gasteiger partial charge in [0.1, 0.15) is 0 Å². The van der Waals surface area contributed by atoms with E-state index in [4.69, 9.17) is 4.42 Å². The molecule has 0 aliphatic heterocycles. The van der Waals surface area contributed by atoms with Crippen LogP contribution in [-0.2, 0) is 6.42 Å². The molecule has 0 N–H and O–H groups in total. The minimum absolute atomic E-state index is 0.0147. The number of Topliss-reactive ketones (excluding diaryl/α,β-unsaturated/α-hetero) is 1. The van der Waals surface area contributed by atoms with Crippen LogP contribution in [0.4, 0.5) is 0 Å². The summed E-state index contributed by atoms with van der Waals surface area (Å²) < 4.78 is 5.49. The molecule has 0 aromatic carbocycles. The molecule has 2 rings (SSSR count). The summed E-state index contributed by atoms with van der Waals surface area (Å²) in [5.41, 5.74) is 1.39. The van der Waals surface area contributed by atoms with Crippen molar-refractivity contribution in [2.75, 3.05) is 0 Å². The van der Waals surface area contributed by atoms with Gasteiger partial charge in [0.25, 0.3) is 0 Å². The summed E-state index contributed by atoms with van der Waals surface area (Å²) >= 11 is 4.73. The van der Waals surface area contributed by atoms with Crippen molar-refractivity contribution in [2.45, 2.75) is 13.3 Å². The van der Waals surface area contributed by atoms with Gasteiger partial charge in [0.15, 0.2) is 10.5 Å². The SMILES string of the molecule is Cc1nc(CC(=O)c2ccoc2Br)cs1. The largest absolute Gasteiger partial charge is 0.457 e. The second-order valence-corrected chi connectivity index (χ2v) is 4.85. The number of aromatic nitrogens is 1. The molecule has 0 saturated carbocycles. The highest BCUT2D eigenvalue weighted by Gasteiger charge is 2.14. The molecule has 3 nitrogen and oxygen atoms in total. The predicted molar refractivity (Wildman–Crippen MR) is 61.3 cm³/mol. The fourth-order valence-electron chi connectivity index (χ4n) is 1.24. The fraction of sp³-hybridized carbons (Fsp3) is 0.200. The van der Waals surface area contributed by atoms with E-state index in [-0.39, 0.29) is 5.78 Å². The summed E-state index contributed by atoms with van der Waals surface area (Å²) in [5.74, 6) is 0.0147. The maximum absolute atomic E-state index is 11.8. The Hall–Kier alpha value is -0.940. The molecule has 2 aromatic rings. The van der Waals surface area contributed by atoms with E-state index in [0.717, 1.165) is 10.7 Å². The summed E-state index contributed by atoms with van der Waals surface area (Å²) in [4.78, 5) is 16.0. The van der Waals surface area contributed by atoms with Crippen molar-refractivity contribution in [1.29, 1.82) is 0 Å². The monoisotopic (exact) mass is 285 g/mol. The molecule has 78 valence electrons. The molecule has 0 radical (unpaired) electrons. The lowest BCUT2D eigenvalue weighted by molar-refractivity contribution is 0.0990. The summed E-state index contributed by atoms with van der Waals surface area (Å²) in [6.45, 7) is 1.92. The highest BCUT2D eigenvalue weighted by atomic mass is 79.9. The van der Waals surface area contributed by atoms with Gasteiger partial charge in [-0.2, -0.15) is 0 Å². The third-order valence-electron chi connectivity index (χ3n) is 1.93. The van der Waals surface area contributed by atoms with Crippen LogP contribution in [0.2, 0.25) is 0 Å². The zero-order chi connectivity index (χ0) is 10.8. The Balaban J connectivity index is 2.14. The normalized spacial score (nSPS) is 10.5. The second-order valence-electron chi connectivity index (χ2n) is 3.07. The van der Waals surface area contributed by atoms with Gasteiger partial charge in [0.2, 0.25) is 0 Å². The molecule has 0 aliphatic rings. The minimum atomic E-state index is 0.0147. The first kappa shape index (κ1) is 10.6. The molecule has 5 heteroatoms. The van der Waals surface area contributed by atoms with Crippen molar-refractivity contribution in [3.63, 3.8) is 0 Å². The van der Waals surface area contributed by atoms with Crippen molar-refractivity contribution in [1.82, 2.24) is 4.98 Å². The predicted octanol–water partition coefficient (Wildman–Crippen LogP) is 3.23. The molecule has 0 unspecified atom stereocenters. The maximum atomic E-state index is 11.8. The van der Waals surface area contributed by atoms with Crippen LogP contribution in [-0.4, -0.2) is 10.8 Å². The van der Waals surface area contributed by atoms with Gasteiger partial charge in [0, 0.05) is 5.38 Å². The smallest absolute Gasteiger partial charge is 0.179 e. The van der Waals surface area contributed by atoms with E-state index in [9.17, 15) is 4.79 Å². The van der Waals surface area contributed by atoms with Crippen LogP contribution in [0.5, 0.6) is 0 Å². The number of carbonyl (C=O) groups excluding carboxylic acids is 1. The third-order valence-corrected chi connectivity index (χ3v) is 3.36. The number of halogens is 1. The molecule has 2 heterocycles. The Bertz CT molecular complexity index is 489. The number of nitrogens with zero attached hydrogens (tertiary/aromatic N) is 1. The Kier molecular flexibility index (Phi) is 3.02. The lowest BCUT2D eigenvalue weighted by Crippen LogP contribution is -2.03. The van der Waals surface area contributed by atoms with E-state index in [0.29, 0.717) is 16.7 Å². The van der Waals surface area contributed by atoms with Gasteiger partial charge in [-0.15, -0.1) is 11.3 Å². The fourth-order valence-corrected chi connectivity index (χ4v) is 2.32. The van der Waals surface area contributed by atoms with Gasteiger partial charge < -0.3 is 4.42 Å². The van der Waals surface area contributed by atoms with Crippen LogP contribution in [0.1, 0.15) is 21.1 Å². The van der Waals surface area contributed by atoms with E-state index in [1.807, 2.05) is 12.3 Å². The van der Waals surface area contributed by atoms with E-state index < -0.39 is 0 Å². The maximum Gasteiger partial charge on any atom is 0.179 e. The van der Waals surface area contributed by atoms with Crippen LogP contribution in [0.15, 0.2) is 26.8 Å². The van der Waals surface area contributed by atoms with Crippen molar-refractivity contribution < 1.29 is 9.21 Å². The van der Waals surface area contributed by atoms with Crippen LogP contribution in [0, 0.1) is 6.92 Å². The van der Waals surface area contributed by atoms with Crippen LogP contribution < -0.4 is 0 Å². The quantitative estimate of drug-likeness (QED) is 0.813. The highest BCUT2D eigenvalue weighted by molar-refractivity contribution is 9.10. The number of furan rings is 1. The average molecular weight is 286 g/mol. The summed E-state index contributed by atoms with van der Waals surface area (Å²) in [7, 11) is 0. The number of aryl methyl sites for hydroxylation is 1. The van der Waals surface area contributed by atoms with Gasteiger partial charge in [-0.3, -0.25) is 4.79 Å². The number of hydrogen-bond donors (Lipinski definition) is 0. The molecule has 2 aromatic heterocycles. The number of thiazole rings is 1. The van der Waals surface area contributed by atoms with Gasteiger partial charge in [-0.1, -0.05) is 0 Å². The van der Waals surface area contributed by atoms with Crippen molar-refractivity contribution >= 4 is 33.0 Å². The first-order chi connectivity index (χ1) is 7.16. The molecule has 15 heavy (non-hydrogen) atoms. The molecular weight excluding hydrogens is 278 g/mol. The van der Waals surface area contributed by atoms with Crippen LogP contribution in [0.3, 0.4) is 0 Å². The van der Waals surface area contributed by atoms with E-state index in [1.54, 1.807) is 17.4 Å². The van der Waals surface area contributed by atoms with Gasteiger partial charge in [0.05, 0.1) is 28.9 Å².